The van der Waals surface area contributed by atoms with Gasteiger partial charge in [-0.05, 0) is 5.56 Å². The summed E-state index contributed by atoms with van der Waals surface area (Å²) in [7, 11) is 0. The van der Waals surface area contributed by atoms with Crippen molar-refractivity contribution in [1.82, 2.24) is 5.32 Å². The van der Waals surface area contributed by atoms with E-state index >= 15 is 0 Å². The molecular formula is C11H13NO2. The van der Waals surface area contributed by atoms with Crippen LogP contribution in [0.4, 0.5) is 0 Å². The fraction of sp³-hybridized carbons (Fsp3) is 0.455. The van der Waals surface area contributed by atoms with Gasteiger partial charge in [0.05, 0.1) is 19.3 Å². The van der Waals surface area contributed by atoms with Crippen LogP contribution in [0.3, 0.4) is 0 Å². The summed E-state index contributed by atoms with van der Waals surface area (Å²) in [4.78, 5) is 0. The van der Waals surface area contributed by atoms with E-state index in [4.69, 9.17) is 9.47 Å². The molecule has 2 heterocycles. The molecule has 1 unspecified atom stereocenters. The molecule has 0 radical (unpaired) electrons. The Kier molecular flexibility index (Phi) is 1.83. The summed E-state index contributed by atoms with van der Waals surface area (Å²) in [6, 6.07) is 10.3. The molecule has 1 atom stereocenters. The van der Waals surface area contributed by atoms with Gasteiger partial charge < -0.3 is 9.47 Å². The van der Waals surface area contributed by atoms with Crippen molar-refractivity contribution in [3.8, 4) is 0 Å². The molecule has 74 valence electrons. The van der Waals surface area contributed by atoms with Gasteiger partial charge in [0, 0.05) is 6.54 Å². The quantitative estimate of drug-likeness (QED) is 0.720. The highest BCUT2D eigenvalue weighted by Gasteiger charge is 2.46. The lowest BCUT2D eigenvalue weighted by molar-refractivity contribution is -0.211. The lowest BCUT2D eigenvalue weighted by Gasteiger charge is -2.37. The van der Waals surface area contributed by atoms with Crippen LogP contribution < -0.4 is 5.32 Å². The average molecular weight is 191 g/mol. The Balaban J connectivity index is 1.76. The molecule has 2 saturated heterocycles. The van der Waals surface area contributed by atoms with Crippen molar-refractivity contribution in [2.24, 2.45) is 0 Å². The second-order valence-electron chi connectivity index (χ2n) is 3.89. The second kappa shape index (κ2) is 3.05. The van der Waals surface area contributed by atoms with Crippen molar-refractivity contribution in [3.05, 3.63) is 35.9 Å². The predicted octanol–water partition coefficient (Wildman–Crippen LogP) is 1.07. The minimum atomic E-state index is -0.180. The lowest BCUT2D eigenvalue weighted by Crippen LogP contribution is -2.57. The summed E-state index contributed by atoms with van der Waals surface area (Å²) in [5.74, 6) is 0. The van der Waals surface area contributed by atoms with E-state index in [1.54, 1.807) is 0 Å². The first-order chi connectivity index (χ1) is 6.88. The average Bonchev–Trinajstić information content (AvgIpc) is 2.63. The highest BCUT2D eigenvalue weighted by Crippen LogP contribution is 2.32. The largest absolute Gasteiger partial charge is 0.372 e. The van der Waals surface area contributed by atoms with E-state index in [1.807, 2.05) is 18.2 Å². The van der Waals surface area contributed by atoms with Crippen LogP contribution in [-0.4, -0.2) is 25.5 Å². The third-order valence-corrected chi connectivity index (χ3v) is 2.82. The van der Waals surface area contributed by atoms with E-state index in [9.17, 15) is 0 Å². The van der Waals surface area contributed by atoms with E-state index in [0.29, 0.717) is 13.2 Å². The van der Waals surface area contributed by atoms with Crippen molar-refractivity contribution < 1.29 is 9.47 Å². The molecule has 0 amide bonds. The summed E-state index contributed by atoms with van der Waals surface area (Å²) in [5, 5.41) is 3.37. The molecular weight excluding hydrogens is 178 g/mol. The fourth-order valence-corrected chi connectivity index (χ4v) is 1.95. The Morgan fingerprint density at radius 1 is 1.21 bits per heavy atom. The molecule has 0 aromatic heterocycles. The van der Waals surface area contributed by atoms with Crippen LogP contribution in [-0.2, 0) is 9.47 Å². The molecule has 3 nitrogen and oxygen atoms in total. The Morgan fingerprint density at radius 2 is 2.00 bits per heavy atom. The lowest BCUT2D eigenvalue weighted by atomic mass is 10.1. The number of rotatable bonds is 1. The monoisotopic (exact) mass is 191 g/mol. The normalized spacial score (nSPS) is 29.0. The SMILES string of the molecule is c1ccc(C2CNC3(COC3)O2)cc1. The van der Waals surface area contributed by atoms with Crippen LogP contribution >= 0.6 is 0 Å². The summed E-state index contributed by atoms with van der Waals surface area (Å²) in [6.07, 6.45) is 0.181. The van der Waals surface area contributed by atoms with Gasteiger partial charge >= 0.3 is 0 Å². The number of hydrogen-bond donors (Lipinski definition) is 1. The van der Waals surface area contributed by atoms with Gasteiger partial charge in [0.25, 0.3) is 0 Å². The topological polar surface area (TPSA) is 30.5 Å². The second-order valence-corrected chi connectivity index (χ2v) is 3.89. The zero-order valence-corrected chi connectivity index (χ0v) is 7.90. The van der Waals surface area contributed by atoms with Crippen molar-refractivity contribution in [1.29, 1.82) is 0 Å². The van der Waals surface area contributed by atoms with Crippen molar-refractivity contribution in [2.45, 2.75) is 11.8 Å². The van der Waals surface area contributed by atoms with E-state index in [2.05, 4.69) is 17.4 Å². The maximum absolute atomic E-state index is 5.93. The molecule has 1 N–H and O–H groups in total. The Morgan fingerprint density at radius 3 is 2.57 bits per heavy atom. The summed E-state index contributed by atoms with van der Waals surface area (Å²) in [5.41, 5.74) is 1.06. The van der Waals surface area contributed by atoms with Crippen LogP contribution in [0.5, 0.6) is 0 Å². The summed E-state index contributed by atoms with van der Waals surface area (Å²) in [6.45, 7) is 2.24. The molecule has 0 bridgehead atoms. The minimum Gasteiger partial charge on any atom is -0.372 e. The van der Waals surface area contributed by atoms with Crippen molar-refractivity contribution >= 4 is 0 Å². The molecule has 14 heavy (non-hydrogen) atoms. The third-order valence-electron chi connectivity index (χ3n) is 2.82. The van der Waals surface area contributed by atoms with E-state index in [1.165, 1.54) is 5.56 Å². The summed E-state index contributed by atoms with van der Waals surface area (Å²) >= 11 is 0. The van der Waals surface area contributed by atoms with Gasteiger partial charge in [-0.3, -0.25) is 5.32 Å². The maximum atomic E-state index is 5.93. The predicted molar refractivity (Wildman–Crippen MR) is 51.8 cm³/mol. The summed E-state index contributed by atoms with van der Waals surface area (Å²) < 4.78 is 11.1. The zero-order valence-electron chi connectivity index (χ0n) is 7.90. The van der Waals surface area contributed by atoms with Gasteiger partial charge in [0.1, 0.15) is 0 Å². The first-order valence-corrected chi connectivity index (χ1v) is 4.94. The van der Waals surface area contributed by atoms with Gasteiger partial charge in [-0.2, -0.15) is 0 Å². The van der Waals surface area contributed by atoms with E-state index in [-0.39, 0.29) is 11.8 Å². The highest BCUT2D eigenvalue weighted by molar-refractivity contribution is 5.19. The van der Waals surface area contributed by atoms with Gasteiger partial charge in [-0.15, -0.1) is 0 Å². The van der Waals surface area contributed by atoms with E-state index < -0.39 is 0 Å². The van der Waals surface area contributed by atoms with Crippen LogP contribution in [0.25, 0.3) is 0 Å². The molecule has 0 aliphatic carbocycles. The Bertz CT molecular complexity index is 321. The van der Waals surface area contributed by atoms with Gasteiger partial charge in [0.2, 0.25) is 0 Å². The molecule has 1 aromatic carbocycles. The highest BCUT2D eigenvalue weighted by atomic mass is 16.6. The zero-order chi connectivity index (χ0) is 9.43. The van der Waals surface area contributed by atoms with Crippen LogP contribution in [0, 0.1) is 0 Å². The molecule has 2 aliphatic heterocycles. The fourth-order valence-electron chi connectivity index (χ4n) is 1.95. The molecule has 2 fully saturated rings. The molecule has 0 saturated carbocycles. The third kappa shape index (κ3) is 1.25. The molecule has 3 heteroatoms. The first-order valence-electron chi connectivity index (χ1n) is 4.94. The van der Waals surface area contributed by atoms with Crippen LogP contribution in [0.1, 0.15) is 11.7 Å². The Hall–Kier alpha value is -0.900. The number of nitrogens with one attached hydrogen (secondary N) is 1. The number of hydrogen-bond acceptors (Lipinski definition) is 3. The smallest absolute Gasteiger partial charge is 0.167 e. The van der Waals surface area contributed by atoms with Gasteiger partial charge in [0.15, 0.2) is 5.72 Å². The number of benzene rings is 1. The minimum absolute atomic E-state index is 0.180. The molecule has 2 aliphatic rings. The Labute approximate surface area is 83.0 Å². The van der Waals surface area contributed by atoms with E-state index in [0.717, 1.165) is 6.54 Å². The molecule has 1 aromatic rings. The van der Waals surface area contributed by atoms with Crippen molar-refractivity contribution in [2.75, 3.05) is 19.8 Å². The van der Waals surface area contributed by atoms with Crippen molar-refractivity contribution in [3.63, 3.8) is 0 Å². The number of ether oxygens (including phenoxy) is 2. The van der Waals surface area contributed by atoms with Gasteiger partial charge in [-0.1, -0.05) is 30.3 Å². The van der Waals surface area contributed by atoms with Crippen LogP contribution in [0.2, 0.25) is 0 Å². The van der Waals surface area contributed by atoms with Crippen LogP contribution in [0.15, 0.2) is 30.3 Å². The first kappa shape index (κ1) is 8.41. The van der Waals surface area contributed by atoms with Gasteiger partial charge in [-0.25, -0.2) is 0 Å². The molecule has 1 spiro atoms. The molecule has 3 rings (SSSR count). The standard InChI is InChI=1S/C11H13NO2/c1-2-4-9(5-3-1)10-6-12-11(14-10)7-13-8-11/h1-5,10,12H,6-8H2. The maximum Gasteiger partial charge on any atom is 0.167 e.